The summed E-state index contributed by atoms with van der Waals surface area (Å²) >= 11 is 0. The van der Waals surface area contributed by atoms with Gasteiger partial charge in [0.05, 0.1) is 0 Å². The Labute approximate surface area is 123 Å². The number of nitrogens with zero attached hydrogens (tertiary/aromatic N) is 4. The van der Waals surface area contributed by atoms with E-state index in [9.17, 15) is 4.79 Å². The van der Waals surface area contributed by atoms with E-state index in [0.29, 0.717) is 12.3 Å². The van der Waals surface area contributed by atoms with Gasteiger partial charge >= 0.3 is 0 Å². The van der Waals surface area contributed by atoms with Crippen LogP contribution in [0.3, 0.4) is 0 Å². The van der Waals surface area contributed by atoms with E-state index in [-0.39, 0.29) is 11.8 Å². The summed E-state index contributed by atoms with van der Waals surface area (Å²) in [7, 11) is 1.94. The molecule has 1 aliphatic rings. The Kier molecular flexibility index (Phi) is 3.77. The molecule has 112 valence electrons. The van der Waals surface area contributed by atoms with E-state index in [1.165, 1.54) is 0 Å². The molecule has 3 rings (SSSR count). The number of likely N-dealkylation sites (tertiary alicyclic amines) is 1. The van der Waals surface area contributed by atoms with Crippen molar-refractivity contribution in [2.75, 3.05) is 13.1 Å². The second kappa shape index (κ2) is 5.71. The van der Waals surface area contributed by atoms with Crippen LogP contribution in [0.5, 0.6) is 0 Å². The van der Waals surface area contributed by atoms with Gasteiger partial charge in [-0.1, -0.05) is 6.92 Å². The van der Waals surface area contributed by atoms with Gasteiger partial charge in [0.25, 0.3) is 5.91 Å². The Morgan fingerprint density at radius 3 is 3.00 bits per heavy atom. The lowest BCUT2D eigenvalue weighted by Crippen LogP contribution is -2.39. The highest BCUT2D eigenvalue weighted by Gasteiger charge is 2.29. The minimum atomic E-state index is -0.0263. The highest BCUT2D eigenvalue weighted by molar-refractivity contribution is 5.91. The van der Waals surface area contributed by atoms with E-state index >= 15 is 0 Å². The molecule has 0 aliphatic carbocycles. The molecule has 2 aromatic rings. The SMILES string of the molecule is CCc1ccc(C(=O)N2CCC[C@H](c3nncn3C)C2)o1. The van der Waals surface area contributed by atoms with E-state index in [1.807, 2.05) is 29.5 Å². The second-order valence-corrected chi connectivity index (χ2v) is 5.51. The minimum absolute atomic E-state index is 0.0263. The van der Waals surface area contributed by atoms with Crippen molar-refractivity contribution in [2.24, 2.45) is 7.05 Å². The monoisotopic (exact) mass is 288 g/mol. The molecule has 0 radical (unpaired) electrons. The van der Waals surface area contributed by atoms with Crippen molar-refractivity contribution < 1.29 is 9.21 Å². The van der Waals surface area contributed by atoms with Crippen LogP contribution >= 0.6 is 0 Å². The van der Waals surface area contributed by atoms with Gasteiger partial charge in [-0.3, -0.25) is 4.79 Å². The second-order valence-electron chi connectivity index (χ2n) is 5.51. The molecular weight excluding hydrogens is 268 g/mol. The van der Waals surface area contributed by atoms with Crippen molar-refractivity contribution in [3.63, 3.8) is 0 Å². The first-order valence-electron chi connectivity index (χ1n) is 7.41. The Balaban J connectivity index is 1.73. The average molecular weight is 288 g/mol. The van der Waals surface area contributed by atoms with E-state index in [4.69, 9.17) is 4.42 Å². The Bertz CT molecular complexity index is 631. The molecule has 0 bridgehead atoms. The first kappa shape index (κ1) is 13.9. The van der Waals surface area contributed by atoms with Crippen LogP contribution in [-0.4, -0.2) is 38.7 Å². The predicted molar refractivity (Wildman–Crippen MR) is 77.0 cm³/mol. The maximum Gasteiger partial charge on any atom is 0.289 e. The third kappa shape index (κ3) is 2.70. The smallest absolute Gasteiger partial charge is 0.289 e. The number of amides is 1. The Morgan fingerprint density at radius 1 is 1.48 bits per heavy atom. The third-order valence-electron chi connectivity index (χ3n) is 4.04. The quantitative estimate of drug-likeness (QED) is 0.866. The average Bonchev–Trinajstić information content (AvgIpc) is 3.15. The molecule has 1 atom stereocenters. The zero-order chi connectivity index (χ0) is 14.8. The number of aryl methyl sites for hydroxylation is 2. The van der Waals surface area contributed by atoms with Crippen LogP contribution in [0.25, 0.3) is 0 Å². The molecule has 0 aromatic carbocycles. The first-order valence-corrected chi connectivity index (χ1v) is 7.41. The van der Waals surface area contributed by atoms with Crippen molar-refractivity contribution in [1.29, 1.82) is 0 Å². The number of aromatic nitrogens is 3. The predicted octanol–water partition coefficient (Wildman–Crippen LogP) is 1.99. The normalized spacial score (nSPS) is 19.0. The minimum Gasteiger partial charge on any atom is -0.456 e. The lowest BCUT2D eigenvalue weighted by Gasteiger charge is -2.31. The molecule has 0 saturated carbocycles. The summed E-state index contributed by atoms with van der Waals surface area (Å²) in [6, 6.07) is 3.64. The lowest BCUT2D eigenvalue weighted by molar-refractivity contribution is 0.0669. The van der Waals surface area contributed by atoms with Gasteiger partial charge in [-0.2, -0.15) is 0 Å². The van der Waals surface area contributed by atoms with Crippen LogP contribution in [0.15, 0.2) is 22.9 Å². The van der Waals surface area contributed by atoms with Crippen molar-refractivity contribution >= 4 is 5.91 Å². The molecule has 1 saturated heterocycles. The zero-order valence-electron chi connectivity index (χ0n) is 12.5. The van der Waals surface area contributed by atoms with Gasteiger partial charge in [-0.25, -0.2) is 0 Å². The lowest BCUT2D eigenvalue weighted by atomic mass is 9.97. The summed E-state index contributed by atoms with van der Waals surface area (Å²) in [5.74, 6) is 2.45. The Morgan fingerprint density at radius 2 is 2.33 bits per heavy atom. The highest BCUT2D eigenvalue weighted by Crippen LogP contribution is 2.26. The topological polar surface area (TPSA) is 64.2 Å². The summed E-state index contributed by atoms with van der Waals surface area (Å²) in [5.41, 5.74) is 0. The fourth-order valence-electron chi connectivity index (χ4n) is 2.87. The first-order chi connectivity index (χ1) is 10.2. The van der Waals surface area contributed by atoms with Crippen LogP contribution in [0.1, 0.15) is 47.8 Å². The van der Waals surface area contributed by atoms with Crippen molar-refractivity contribution in [1.82, 2.24) is 19.7 Å². The number of hydrogen-bond acceptors (Lipinski definition) is 4. The van der Waals surface area contributed by atoms with Crippen LogP contribution in [0.4, 0.5) is 0 Å². The molecule has 0 spiro atoms. The van der Waals surface area contributed by atoms with Crippen molar-refractivity contribution in [3.8, 4) is 0 Å². The fraction of sp³-hybridized carbons (Fsp3) is 0.533. The van der Waals surface area contributed by atoms with E-state index in [0.717, 1.165) is 37.4 Å². The molecule has 0 unspecified atom stereocenters. The van der Waals surface area contributed by atoms with E-state index < -0.39 is 0 Å². The largest absolute Gasteiger partial charge is 0.456 e. The van der Waals surface area contributed by atoms with E-state index in [1.54, 1.807) is 12.4 Å². The maximum absolute atomic E-state index is 12.5. The van der Waals surface area contributed by atoms with Crippen LogP contribution in [0.2, 0.25) is 0 Å². The summed E-state index contributed by atoms with van der Waals surface area (Å²) in [6.07, 6.45) is 4.52. The third-order valence-corrected chi connectivity index (χ3v) is 4.04. The van der Waals surface area contributed by atoms with Crippen molar-refractivity contribution in [2.45, 2.75) is 32.1 Å². The van der Waals surface area contributed by atoms with Gasteiger partial charge in [-0.15, -0.1) is 10.2 Å². The number of carbonyl (C=O) groups is 1. The summed E-state index contributed by atoms with van der Waals surface area (Å²) in [4.78, 5) is 14.4. The number of carbonyl (C=O) groups excluding carboxylic acids is 1. The number of hydrogen-bond donors (Lipinski definition) is 0. The molecule has 6 nitrogen and oxygen atoms in total. The summed E-state index contributed by atoms with van der Waals surface area (Å²) in [6.45, 7) is 3.46. The molecule has 2 aromatic heterocycles. The zero-order valence-corrected chi connectivity index (χ0v) is 12.5. The molecule has 1 fully saturated rings. The van der Waals surface area contributed by atoms with Crippen LogP contribution in [0, 0.1) is 0 Å². The fourth-order valence-corrected chi connectivity index (χ4v) is 2.87. The molecule has 3 heterocycles. The molecule has 1 amide bonds. The summed E-state index contributed by atoms with van der Waals surface area (Å²) < 4.78 is 7.50. The summed E-state index contributed by atoms with van der Waals surface area (Å²) in [5, 5.41) is 8.11. The van der Waals surface area contributed by atoms with Gasteiger partial charge < -0.3 is 13.9 Å². The van der Waals surface area contributed by atoms with Crippen molar-refractivity contribution in [3.05, 3.63) is 35.8 Å². The highest BCUT2D eigenvalue weighted by atomic mass is 16.4. The van der Waals surface area contributed by atoms with Gasteiger partial charge in [0.15, 0.2) is 5.76 Å². The van der Waals surface area contributed by atoms with E-state index in [2.05, 4.69) is 10.2 Å². The maximum atomic E-state index is 12.5. The molecule has 1 aliphatic heterocycles. The molecule has 21 heavy (non-hydrogen) atoms. The Hall–Kier alpha value is -2.11. The number of furan rings is 1. The van der Waals surface area contributed by atoms with Gasteiger partial charge in [0.1, 0.15) is 17.9 Å². The standard InChI is InChI=1S/C15H20N4O2/c1-3-12-6-7-13(21-12)15(20)19-8-4-5-11(9-19)14-17-16-10-18(14)2/h6-7,10-11H,3-5,8-9H2,1-2H3/t11-/m0/s1. The number of rotatable bonds is 3. The van der Waals surface area contributed by atoms with Crippen LogP contribution in [-0.2, 0) is 13.5 Å². The molecule has 6 heteroatoms. The molecule has 0 N–H and O–H groups in total. The van der Waals surface area contributed by atoms with Gasteiger partial charge in [-0.05, 0) is 25.0 Å². The number of piperidine rings is 1. The van der Waals surface area contributed by atoms with Gasteiger partial charge in [0, 0.05) is 32.5 Å². The van der Waals surface area contributed by atoms with Gasteiger partial charge in [0.2, 0.25) is 0 Å². The van der Waals surface area contributed by atoms with Crippen LogP contribution < -0.4 is 0 Å². The molecular formula is C15H20N4O2.